The van der Waals surface area contributed by atoms with E-state index >= 15 is 0 Å². The van der Waals surface area contributed by atoms with Crippen LogP contribution in [0.15, 0.2) is 0 Å². The van der Waals surface area contributed by atoms with Crippen molar-refractivity contribution in [2.75, 3.05) is 20.0 Å². The summed E-state index contributed by atoms with van der Waals surface area (Å²) in [5, 5.41) is 0. The van der Waals surface area contributed by atoms with Crippen molar-refractivity contribution in [3.8, 4) is 0 Å². The molecule has 43 valence electrons. The van der Waals surface area contributed by atoms with E-state index in [0.717, 1.165) is 5.88 Å². The van der Waals surface area contributed by atoms with Gasteiger partial charge in [-0.15, -0.1) is 11.8 Å². The minimum atomic E-state index is 1.09. The molecule has 7 heavy (non-hydrogen) atoms. The molecule has 0 rings (SSSR count). The Bertz CT molecular complexity index is 37.1. The molecule has 0 fully saturated rings. The van der Waals surface area contributed by atoms with Crippen LogP contribution in [0, 0.1) is 5.75 Å². The molecule has 0 saturated carbocycles. The summed E-state index contributed by atoms with van der Waals surface area (Å²) in [5.41, 5.74) is 0. The Balaban J connectivity index is 2.68. The van der Waals surface area contributed by atoms with Crippen LogP contribution in [0.3, 0.4) is 0 Å². The topological polar surface area (TPSA) is 3.24 Å². The number of rotatable bonds is 3. The first-order valence-electron chi connectivity index (χ1n) is 2.31. The molecule has 0 spiro atoms. The number of hydrogen-bond acceptors (Lipinski definition) is 2. The summed E-state index contributed by atoms with van der Waals surface area (Å²) in [6, 6.07) is 0. The van der Waals surface area contributed by atoms with Gasteiger partial charge in [0.15, 0.2) is 0 Å². The summed E-state index contributed by atoms with van der Waals surface area (Å²) in [4.78, 5) is 2.14. The lowest BCUT2D eigenvalue weighted by Gasteiger charge is -2.05. The zero-order valence-corrected chi connectivity index (χ0v) is 5.96. The van der Waals surface area contributed by atoms with Gasteiger partial charge < -0.3 is 4.90 Å². The fourth-order valence-corrected chi connectivity index (χ4v) is 0.671. The summed E-state index contributed by atoms with van der Waals surface area (Å²) in [7, 11) is 4.13. The maximum absolute atomic E-state index is 2.14. The maximum atomic E-state index is 2.14. The fraction of sp³-hybridized carbons (Fsp3) is 0.800. The Morgan fingerprint density at radius 2 is 2.14 bits per heavy atom. The lowest BCUT2D eigenvalue weighted by Crippen LogP contribution is -2.09. The van der Waals surface area contributed by atoms with Gasteiger partial charge in [0.25, 0.3) is 0 Å². The standard InChI is InChI=1S/C5H12NS/c1-4-7-5-6(2)3/h4H,5H2,1-3H3. The maximum Gasteiger partial charge on any atom is 0.0441 e. The molecule has 0 atom stereocenters. The first-order chi connectivity index (χ1) is 3.27. The predicted molar refractivity (Wildman–Crippen MR) is 36.1 cm³/mol. The molecule has 0 saturated heterocycles. The van der Waals surface area contributed by atoms with Crippen LogP contribution in [0.25, 0.3) is 0 Å². The van der Waals surface area contributed by atoms with Crippen LogP contribution in [0.1, 0.15) is 6.92 Å². The van der Waals surface area contributed by atoms with Crippen molar-refractivity contribution >= 4 is 11.8 Å². The summed E-state index contributed by atoms with van der Waals surface area (Å²) in [6.07, 6.45) is 0. The fourth-order valence-electron chi connectivity index (χ4n) is 0.224. The number of hydrogen-bond donors (Lipinski definition) is 0. The van der Waals surface area contributed by atoms with Crippen LogP contribution in [0.4, 0.5) is 0 Å². The van der Waals surface area contributed by atoms with Gasteiger partial charge in [-0.3, -0.25) is 0 Å². The molecule has 0 aromatic heterocycles. The average molecular weight is 118 g/mol. The second kappa shape index (κ2) is 4.47. The summed E-state index contributed by atoms with van der Waals surface area (Å²) < 4.78 is 0. The average Bonchev–Trinajstić information content (AvgIpc) is 1.61. The molecule has 0 bridgehead atoms. The second-order valence-electron chi connectivity index (χ2n) is 1.61. The van der Waals surface area contributed by atoms with Crippen LogP contribution >= 0.6 is 11.8 Å². The van der Waals surface area contributed by atoms with E-state index in [2.05, 4.69) is 24.7 Å². The molecule has 0 aliphatic rings. The van der Waals surface area contributed by atoms with Crippen molar-refractivity contribution in [3.05, 3.63) is 5.75 Å². The molecule has 0 aromatic carbocycles. The van der Waals surface area contributed by atoms with Crippen molar-refractivity contribution in [2.45, 2.75) is 6.92 Å². The number of nitrogens with zero attached hydrogens (tertiary/aromatic N) is 1. The van der Waals surface area contributed by atoms with Gasteiger partial charge in [0.1, 0.15) is 0 Å². The third-order valence-electron chi connectivity index (χ3n) is 0.499. The predicted octanol–water partition coefficient (Wildman–Crippen LogP) is 1.42. The normalized spacial score (nSPS) is 10.3. The van der Waals surface area contributed by atoms with Gasteiger partial charge in [-0.2, -0.15) is 0 Å². The summed E-state index contributed by atoms with van der Waals surface area (Å²) in [5.74, 6) is 3.19. The lowest BCUT2D eigenvalue weighted by molar-refractivity contribution is 0.486. The van der Waals surface area contributed by atoms with Crippen molar-refractivity contribution in [3.63, 3.8) is 0 Å². The summed E-state index contributed by atoms with van der Waals surface area (Å²) in [6.45, 7) is 2.05. The van der Waals surface area contributed by atoms with Gasteiger partial charge in [0.05, 0.1) is 0 Å². The van der Waals surface area contributed by atoms with E-state index < -0.39 is 0 Å². The van der Waals surface area contributed by atoms with Crippen LogP contribution in [-0.2, 0) is 0 Å². The molecule has 0 N–H and O–H groups in total. The van der Waals surface area contributed by atoms with E-state index in [0.29, 0.717) is 0 Å². The highest BCUT2D eigenvalue weighted by Gasteiger charge is 1.84. The zero-order chi connectivity index (χ0) is 5.70. The summed E-state index contributed by atoms with van der Waals surface area (Å²) >= 11 is 1.82. The van der Waals surface area contributed by atoms with Gasteiger partial charge in [0, 0.05) is 11.6 Å². The van der Waals surface area contributed by atoms with Gasteiger partial charge >= 0.3 is 0 Å². The molecule has 1 nitrogen and oxygen atoms in total. The zero-order valence-electron chi connectivity index (χ0n) is 5.14. The third kappa shape index (κ3) is 6.31. The largest absolute Gasteiger partial charge is 0.300 e. The van der Waals surface area contributed by atoms with Crippen LogP contribution in [0.5, 0.6) is 0 Å². The van der Waals surface area contributed by atoms with Gasteiger partial charge in [-0.05, 0) is 14.1 Å². The number of thioether (sulfide) groups is 1. The molecule has 0 amide bonds. The molecule has 0 aromatic rings. The van der Waals surface area contributed by atoms with Gasteiger partial charge in [-0.1, -0.05) is 6.92 Å². The van der Waals surface area contributed by atoms with E-state index in [1.807, 2.05) is 18.7 Å². The van der Waals surface area contributed by atoms with Crippen LogP contribution in [-0.4, -0.2) is 24.9 Å². The Kier molecular flexibility index (Phi) is 4.67. The van der Waals surface area contributed by atoms with Crippen molar-refractivity contribution in [1.82, 2.24) is 4.90 Å². The van der Waals surface area contributed by atoms with Crippen LogP contribution in [0.2, 0.25) is 0 Å². The Hall–Kier alpha value is 0.310. The minimum absolute atomic E-state index is 1.09. The monoisotopic (exact) mass is 118 g/mol. The Morgan fingerprint density at radius 1 is 1.57 bits per heavy atom. The second-order valence-corrected chi connectivity index (χ2v) is 2.67. The molecule has 1 radical (unpaired) electrons. The highest BCUT2D eigenvalue weighted by atomic mass is 32.2. The third-order valence-corrected chi connectivity index (χ3v) is 1.50. The van der Waals surface area contributed by atoms with E-state index in [1.165, 1.54) is 0 Å². The molecule has 0 aliphatic heterocycles. The Morgan fingerprint density at radius 3 is 2.29 bits per heavy atom. The van der Waals surface area contributed by atoms with Crippen molar-refractivity contribution in [2.24, 2.45) is 0 Å². The Labute approximate surface area is 50.1 Å². The smallest absolute Gasteiger partial charge is 0.0441 e. The van der Waals surface area contributed by atoms with E-state index in [-0.39, 0.29) is 0 Å². The molecule has 0 aliphatic carbocycles. The lowest BCUT2D eigenvalue weighted by atomic mass is 11.0. The SMILES string of the molecule is C[CH]SCN(C)C. The van der Waals surface area contributed by atoms with Gasteiger partial charge in [0.2, 0.25) is 0 Å². The molecular weight excluding hydrogens is 106 g/mol. The van der Waals surface area contributed by atoms with E-state index in [1.54, 1.807) is 0 Å². The first-order valence-corrected chi connectivity index (χ1v) is 3.36. The molecule has 0 unspecified atom stereocenters. The highest BCUT2D eigenvalue weighted by molar-refractivity contribution is 8.01. The van der Waals surface area contributed by atoms with Crippen molar-refractivity contribution < 1.29 is 0 Å². The molecule has 0 heterocycles. The van der Waals surface area contributed by atoms with E-state index in [9.17, 15) is 0 Å². The molecular formula is C5H12NS. The van der Waals surface area contributed by atoms with E-state index in [4.69, 9.17) is 0 Å². The minimum Gasteiger partial charge on any atom is -0.300 e. The van der Waals surface area contributed by atoms with Crippen molar-refractivity contribution in [1.29, 1.82) is 0 Å². The van der Waals surface area contributed by atoms with Gasteiger partial charge in [-0.25, -0.2) is 0 Å². The quantitative estimate of drug-likeness (QED) is 0.516. The highest BCUT2D eigenvalue weighted by Crippen LogP contribution is 2.02. The van der Waals surface area contributed by atoms with Crippen LogP contribution < -0.4 is 0 Å². The first kappa shape index (κ1) is 7.31. The molecule has 2 heteroatoms.